The second-order valence-corrected chi connectivity index (χ2v) is 9.10. The Hall–Kier alpha value is -3.26. The minimum atomic E-state index is 0.517. The van der Waals surface area contributed by atoms with Crippen molar-refractivity contribution in [2.75, 3.05) is 0 Å². The summed E-state index contributed by atoms with van der Waals surface area (Å²) in [5.74, 6) is 0.817. The van der Waals surface area contributed by atoms with Crippen molar-refractivity contribution in [3.05, 3.63) is 116 Å². The fourth-order valence-corrected chi connectivity index (χ4v) is 4.22. The van der Waals surface area contributed by atoms with Crippen LogP contribution >= 0.6 is 27.5 Å². The summed E-state index contributed by atoms with van der Waals surface area (Å²) >= 11 is 9.56. The molecule has 1 heterocycles. The van der Waals surface area contributed by atoms with Crippen molar-refractivity contribution >= 4 is 39.2 Å². The molecule has 0 saturated carbocycles. The highest BCUT2D eigenvalue weighted by Crippen LogP contribution is 2.27. The molecule has 33 heavy (non-hydrogen) atoms. The maximum Gasteiger partial charge on any atom is 0.119 e. The number of rotatable bonds is 6. The van der Waals surface area contributed by atoms with Gasteiger partial charge in [-0.15, -0.1) is 0 Å². The summed E-state index contributed by atoms with van der Waals surface area (Å²) in [6.45, 7) is 4.64. The Morgan fingerprint density at radius 2 is 1.76 bits per heavy atom. The summed E-state index contributed by atoms with van der Waals surface area (Å²) in [5, 5.41) is 10.3. The largest absolute Gasteiger partial charge is 0.489 e. The zero-order chi connectivity index (χ0) is 23.4. The van der Waals surface area contributed by atoms with E-state index in [1.165, 1.54) is 0 Å². The average molecular weight is 518 g/mol. The monoisotopic (exact) mass is 516 g/mol. The highest BCUT2D eigenvalue weighted by Gasteiger charge is 2.11. The van der Waals surface area contributed by atoms with Crippen LogP contribution in [0.25, 0.3) is 17.3 Å². The van der Waals surface area contributed by atoms with Gasteiger partial charge in [-0.3, -0.25) is 0 Å². The molecule has 0 bridgehead atoms. The van der Waals surface area contributed by atoms with Crippen molar-refractivity contribution in [2.24, 2.45) is 0 Å². The maximum absolute atomic E-state index is 9.71. The van der Waals surface area contributed by atoms with Crippen LogP contribution in [0.1, 0.15) is 28.1 Å². The number of benzene rings is 3. The Kier molecular flexibility index (Phi) is 7.03. The van der Waals surface area contributed by atoms with Gasteiger partial charge in [-0.25, -0.2) is 0 Å². The number of halogens is 2. The fourth-order valence-electron chi connectivity index (χ4n) is 3.76. The van der Waals surface area contributed by atoms with Crippen LogP contribution in [0.15, 0.2) is 83.3 Å². The lowest BCUT2D eigenvalue weighted by Crippen LogP contribution is -2.00. The second kappa shape index (κ2) is 10.1. The molecule has 0 unspecified atom stereocenters. The van der Waals surface area contributed by atoms with E-state index in [0.29, 0.717) is 17.2 Å². The van der Waals surface area contributed by atoms with E-state index in [9.17, 15) is 5.26 Å². The Bertz CT molecular complexity index is 1350. The van der Waals surface area contributed by atoms with Gasteiger partial charge in [-0.05, 0) is 91.2 Å². The maximum atomic E-state index is 9.71. The Labute approximate surface area is 207 Å². The summed E-state index contributed by atoms with van der Waals surface area (Å²) in [5.41, 5.74) is 6.69. The minimum absolute atomic E-state index is 0.517. The van der Waals surface area contributed by atoms with Crippen molar-refractivity contribution in [1.29, 1.82) is 5.26 Å². The average Bonchev–Trinajstić information content (AvgIpc) is 3.10. The standard InChI is InChI=1S/C28H22BrClN2O/c1-19-14-23(15-24(17-31)22-4-3-5-26(30)16-22)20(2)32(19)27-10-12-28(13-11-27)33-18-21-6-8-25(29)9-7-21/h3-16H,18H2,1-2H3/b24-15-. The predicted molar refractivity (Wildman–Crippen MR) is 139 cm³/mol. The summed E-state index contributed by atoms with van der Waals surface area (Å²) in [7, 11) is 0. The highest BCUT2D eigenvalue weighted by molar-refractivity contribution is 9.10. The van der Waals surface area contributed by atoms with E-state index in [1.807, 2.05) is 72.8 Å². The van der Waals surface area contributed by atoms with Crippen LogP contribution in [0.5, 0.6) is 5.75 Å². The molecule has 0 aliphatic heterocycles. The van der Waals surface area contributed by atoms with Crippen LogP contribution in [0.3, 0.4) is 0 Å². The van der Waals surface area contributed by atoms with Gasteiger partial charge in [0.1, 0.15) is 12.4 Å². The minimum Gasteiger partial charge on any atom is -0.489 e. The second-order valence-electron chi connectivity index (χ2n) is 7.75. The molecule has 0 aliphatic rings. The van der Waals surface area contributed by atoms with E-state index in [-0.39, 0.29) is 0 Å². The van der Waals surface area contributed by atoms with Gasteiger partial charge in [0.05, 0.1) is 11.6 Å². The molecule has 4 aromatic rings. The molecule has 3 nitrogen and oxygen atoms in total. The Morgan fingerprint density at radius 3 is 2.42 bits per heavy atom. The van der Waals surface area contributed by atoms with Crippen molar-refractivity contribution in [3.8, 4) is 17.5 Å². The first-order chi connectivity index (χ1) is 15.9. The Balaban J connectivity index is 1.56. The number of nitriles is 1. The molecule has 1 aromatic heterocycles. The van der Waals surface area contributed by atoms with Gasteiger partial charge in [0, 0.05) is 26.6 Å². The van der Waals surface area contributed by atoms with E-state index in [4.69, 9.17) is 16.3 Å². The molecular formula is C28H22BrClN2O. The first-order valence-electron chi connectivity index (χ1n) is 10.5. The molecule has 4 rings (SSSR count). The van der Waals surface area contributed by atoms with Gasteiger partial charge in [-0.1, -0.05) is 51.8 Å². The number of nitrogens with zero attached hydrogens (tertiary/aromatic N) is 2. The summed E-state index contributed by atoms with van der Waals surface area (Å²) in [6, 6.07) is 27.9. The summed E-state index contributed by atoms with van der Waals surface area (Å²) < 4.78 is 9.16. The fraction of sp³-hybridized carbons (Fsp3) is 0.107. The van der Waals surface area contributed by atoms with Crippen LogP contribution in [-0.2, 0) is 6.61 Å². The highest BCUT2D eigenvalue weighted by atomic mass is 79.9. The zero-order valence-electron chi connectivity index (χ0n) is 18.3. The predicted octanol–water partition coefficient (Wildman–Crippen LogP) is 8.15. The van der Waals surface area contributed by atoms with Crippen molar-refractivity contribution in [1.82, 2.24) is 4.57 Å². The normalized spacial score (nSPS) is 11.3. The molecular weight excluding hydrogens is 496 g/mol. The number of hydrogen-bond acceptors (Lipinski definition) is 2. The third-order valence-corrected chi connectivity index (χ3v) is 6.20. The SMILES string of the molecule is Cc1cc(/C=C(/C#N)c2cccc(Cl)c2)c(C)n1-c1ccc(OCc2ccc(Br)cc2)cc1. The molecule has 0 aliphatic carbocycles. The molecule has 0 amide bonds. The van der Waals surface area contributed by atoms with Gasteiger partial charge in [-0.2, -0.15) is 5.26 Å². The van der Waals surface area contributed by atoms with Gasteiger partial charge in [0.15, 0.2) is 0 Å². The zero-order valence-corrected chi connectivity index (χ0v) is 20.7. The van der Waals surface area contributed by atoms with Crippen molar-refractivity contribution in [2.45, 2.75) is 20.5 Å². The van der Waals surface area contributed by atoms with E-state index in [1.54, 1.807) is 6.07 Å². The first kappa shape index (κ1) is 22.9. The molecule has 3 aromatic carbocycles. The van der Waals surface area contributed by atoms with E-state index < -0.39 is 0 Å². The summed E-state index contributed by atoms with van der Waals surface area (Å²) in [4.78, 5) is 0. The van der Waals surface area contributed by atoms with E-state index in [0.717, 1.165) is 44.0 Å². The van der Waals surface area contributed by atoms with E-state index in [2.05, 4.69) is 46.5 Å². The smallest absolute Gasteiger partial charge is 0.119 e. The number of ether oxygens (including phenoxy) is 1. The molecule has 0 radical (unpaired) electrons. The lowest BCUT2D eigenvalue weighted by atomic mass is 10.0. The van der Waals surface area contributed by atoms with Gasteiger partial charge in [0.25, 0.3) is 0 Å². The lowest BCUT2D eigenvalue weighted by Gasteiger charge is -2.12. The summed E-state index contributed by atoms with van der Waals surface area (Å²) in [6.07, 6.45) is 1.92. The third kappa shape index (κ3) is 5.39. The number of aromatic nitrogens is 1. The van der Waals surface area contributed by atoms with Crippen molar-refractivity contribution < 1.29 is 4.74 Å². The van der Waals surface area contributed by atoms with Crippen LogP contribution in [0, 0.1) is 25.2 Å². The molecule has 0 atom stereocenters. The quantitative estimate of drug-likeness (QED) is 0.242. The molecule has 5 heteroatoms. The van der Waals surface area contributed by atoms with Crippen LogP contribution in [-0.4, -0.2) is 4.57 Å². The molecule has 0 fully saturated rings. The Morgan fingerprint density at radius 1 is 1.03 bits per heavy atom. The molecule has 0 spiro atoms. The number of hydrogen-bond donors (Lipinski definition) is 0. The third-order valence-electron chi connectivity index (χ3n) is 5.44. The number of aryl methyl sites for hydroxylation is 1. The van der Waals surface area contributed by atoms with E-state index >= 15 is 0 Å². The molecule has 164 valence electrons. The van der Waals surface area contributed by atoms with Gasteiger partial charge in [0.2, 0.25) is 0 Å². The first-order valence-corrected chi connectivity index (χ1v) is 11.7. The lowest BCUT2D eigenvalue weighted by molar-refractivity contribution is 0.306. The van der Waals surface area contributed by atoms with Crippen LogP contribution < -0.4 is 4.74 Å². The number of allylic oxidation sites excluding steroid dienone is 1. The molecule has 0 N–H and O–H groups in total. The molecule has 0 saturated heterocycles. The van der Waals surface area contributed by atoms with Gasteiger partial charge < -0.3 is 9.30 Å². The topological polar surface area (TPSA) is 38.0 Å². The van der Waals surface area contributed by atoms with Gasteiger partial charge >= 0.3 is 0 Å². The van der Waals surface area contributed by atoms with Crippen LogP contribution in [0.2, 0.25) is 5.02 Å². The van der Waals surface area contributed by atoms with Crippen LogP contribution in [0.4, 0.5) is 0 Å². The van der Waals surface area contributed by atoms with Crippen molar-refractivity contribution in [3.63, 3.8) is 0 Å².